The van der Waals surface area contributed by atoms with Crippen LogP contribution in [0.4, 0.5) is 5.69 Å². The van der Waals surface area contributed by atoms with Crippen molar-refractivity contribution in [3.05, 3.63) is 92.4 Å². The Morgan fingerprint density at radius 3 is 2.44 bits per heavy atom. The Bertz CT molecular complexity index is 1200. The summed E-state index contributed by atoms with van der Waals surface area (Å²) < 4.78 is 11.0. The van der Waals surface area contributed by atoms with Gasteiger partial charge in [0.25, 0.3) is 5.91 Å². The van der Waals surface area contributed by atoms with E-state index in [2.05, 4.69) is 5.32 Å². The molecular weight excluding hydrogens is 471 g/mol. The van der Waals surface area contributed by atoms with E-state index in [0.717, 1.165) is 5.56 Å². The largest absolute Gasteiger partial charge is 0.497 e. The van der Waals surface area contributed by atoms with Gasteiger partial charge in [-0.25, -0.2) is 0 Å². The third-order valence-corrected chi connectivity index (χ3v) is 5.25. The lowest BCUT2D eigenvalue weighted by Crippen LogP contribution is -2.13. The summed E-state index contributed by atoms with van der Waals surface area (Å²) in [4.78, 5) is 12.7. The Hall–Kier alpha value is -3.17. The Morgan fingerprint density at radius 1 is 1.06 bits per heavy atom. The van der Waals surface area contributed by atoms with Crippen LogP contribution in [-0.2, 0) is 11.4 Å². The topological polar surface area (TPSA) is 71.3 Å². The summed E-state index contributed by atoms with van der Waals surface area (Å²) in [6.07, 6.45) is 1.37. The molecule has 0 aliphatic rings. The number of nitriles is 1. The SMILES string of the molecule is COc1ccc(NC(=O)/C(C#N)=C/c2cc(Cl)cc(Cl)c2OCc2ccccc2Cl)cc1. The summed E-state index contributed by atoms with van der Waals surface area (Å²) >= 11 is 18.7. The number of anilines is 1. The van der Waals surface area contributed by atoms with Gasteiger partial charge in [0.15, 0.2) is 0 Å². The lowest BCUT2D eigenvalue weighted by molar-refractivity contribution is -0.112. The van der Waals surface area contributed by atoms with E-state index in [1.165, 1.54) is 12.1 Å². The highest BCUT2D eigenvalue weighted by Crippen LogP contribution is 2.35. The maximum atomic E-state index is 12.7. The van der Waals surface area contributed by atoms with E-state index in [1.807, 2.05) is 24.3 Å². The van der Waals surface area contributed by atoms with Gasteiger partial charge >= 0.3 is 0 Å². The number of methoxy groups -OCH3 is 1. The first kappa shape index (κ1) is 23.5. The van der Waals surface area contributed by atoms with Crippen LogP contribution in [0.2, 0.25) is 15.1 Å². The number of nitrogens with zero attached hydrogens (tertiary/aromatic N) is 1. The zero-order valence-corrected chi connectivity index (χ0v) is 19.1. The van der Waals surface area contributed by atoms with Crippen LogP contribution < -0.4 is 14.8 Å². The molecule has 3 rings (SSSR count). The minimum atomic E-state index is -0.592. The average Bonchev–Trinajstić information content (AvgIpc) is 2.78. The fourth-order valence-electron chi connectivity index (χ4n) is 2.78. The van der Waals surface area contributed by atoms with Gasteiger partial charge < -0.3 is 14.8 Å². The Labute approximate surface area is 200 Å². The molecule has 0 saturated carbocycles. The third kappa shape index (κ3) is 5.95. The molecule has 0 bridgehead atoms. The molecule has 0 radical (unpaired) electrons. The van der Waals surface area contributed by atoms with Crippen LogP contribution in [-0.4, -0.2) is 13.0 Å². The zero-order valence-electron chi connectivity index (χ0n) is 16.9. The minimum absolute atomic E-state index is 0.141. The number of benzene rings is 3. The van der Waals surface area contributed by atoms with Gasteiger partial charge in [-0.3, -0.25) is 4.79 Å². The molecular formula is C24H17Cl3N2O3. The van der Waals surface area contributed by atoms with Gasteiger partial charge in [-0.1, -0.05) is 53.0 Å². The van der Waals surface area contributed by atoms with Gasteiger partial charge in [-0.05, 0) is 48.5 Å². The van der Waals surface area contributed by atoms with E-state index >= 15 is 0 Å². The van der Waals surface area contributed by atoms with Crippen molar-refractivity contribution in [2.45, 2.75) is 6.61 Å². The molecule has 1 N–H and O–H groups in total. The summed E-state index contributed by atoms with van der Waals surface area (Å²) in [5, 5.41) is 13.4. The minimum Gasteiger partial charge on any atom is -0.497 e. The second-order valence-electron chi connectivity index (χ2n) is 6.54. The van der Waals surface area contributed by atoms with E-state index in [1.54, 1.807) is 43.5 Å². The van der Waals surface area contributed by atoms with Gasteiger partial charge in [0.05, 0.1) is 12.1 Å². The molecule has 0 fully saturated rings. The van der Waals surface area contributed by atoms with Gasteiger partial charge in [0.2, 0.25) is 0 Å². The van der Waals surface area contributed by atoms with Crippen LogP contribution in [0, 0.1) is 11.3 Å². The van der Waals surface area contributed by atoms with Crippen molar-refractivity contribution in [1.82, 2.24) is 0 Å². The van der Waals surface area contributed by atoms with Gasteiger partial charge in [-0.15, -0.1) is 0 Å². The van der Waals surface area contributed by atoms with E-state index in [9.17, 15) is 10.1 Å². The smallest absolute Gasteiger partial charge is 0.266 e. The molecule has 0 aromatic heterocycles. The number of carbonyl (C=O) groups is 1. The molecule has 0 atom stereocenters. The van der Waals surface area contributed by atoms with E-state index in [0.29, 0.717) is 27.0 Å². The summed E-state index contributed by atoms with van der Waals surface area (Å²) in [6.45, 7) is 0.141. The molecule has 0 unspecified atom stereocenters. The van der Waals surface area contributed by atoms with Crippen molar-refractivity contribution >= 4 is 52.5 Å². The Balaban J connectivity index is 1.87. The van der Waals surface area contributed by atoms with Crippen molar-refractivity contribution in [2.75, 3.05) is 12.4 Å². The highest BCUT2D eigenvalue weighted by Gasteiger charge is 2.15. The fourth-order valence-corrected chi connectivity index (χ4v) is 3.54. The highest BCUT2D eigenvalue weighted by atomic mass is 35.5. The number of carbonyl (C=O) groups excluding carboxylic acids is 1. The van der Waals surface area contributed by atoms with Gasteiger partial charge in [-0.2, -0.15) is 5.26 Å². The van der Waals surface area contributed by atoms with Crippen LogP contribution in [0.25, 0.3) is 6.08 Å². The zero-order chi connectivity index (χ0) is 23.1. The molecule has 5 nitrogen and oxygen atoms in total. The lowest BCUT2D eigenvalue weighted by Gasteiger charge is -2.13. The summed E-state index contributed by atoms with van der Waals surface area (Å²) in [5.74, 6) is 0.333. The number of ether oxygens (including phenoxy) is 2. The molecule has 0 spiro atoms. The predicted octanol–water partition coefficient (Wildman–Crippen LogP) is 6.78. The summed E-state index contributed by atoms with van der Waals surface area (Å²) in [5.41, 5.74) is 1.50. The molecule has 0 saturated heterocycles. The molecule has 0 aliphatic heterocycles. The van der Waals surface area contributed by atoms with Crippen LogP contribution in [0.1, 0.15) is 11.1 Å². The van der Waals surface area contributed by atoms with E-state index in [4.69, 9.17) is 44.3 Å². The van der Waals surface area contributed by atoms with Crippen molar-refractivity contribution in [1.29, 1.82) is 5.26 Å². The summed E-state index contributed by atoms with van der Waals surface area (Å²) in [6, 6.07) is 18.9. The lowest BCUT2D eigenvalue weighted by atomic mass is 10.1. The van der Waals surface area contributed by atoms with Gasteiger partial charge in [0, 0.05) is 26.9 Å². The first-order valence-corrected chi connectivity index (χ1v) is 10.5. The average molecular weight is 488 g/mol. The molecule has 3 aromatic carbocycles. The van der Waals surface area contributed by atoms with Crippen molar-refractivity contribution < 1.29 is 14.3 Å². The normalized spacial score (nSPS) is 10.9. The Morgan fingerprint density at radius 2 is 1.78 bits per heavy atom. The quantitative estimate of drug-likeness (QED) is 0.294. The number of hydrogen-bond donors (Lipinski definition) is 1. The molecule has 162 valence electrons. The Kier molecular flexibility index (Phi) is 8.02. The standard InChI is InChI=1S/C24H17Cl3N2O3/c1-31-20-8-6-19(7-9-20)29-24(30)17(13-28)10-16-11-18(25)12-22(27)23(16)32-14-15-4-2-3-5-21(15)26/h2-12H,14H2,1H3,(H,29,30)/b17-10+. The molecule has 8 heteroatoms. The first-order valence-electron chi connectivity index (χ1n) is 9.33. The number of hydrogen-bond acceptors (Lipinski definition) is 4. The number of halogens is 3. The molecule has 32 heavy (non-hydrogen) atoms. The van der Waals surface area contributed by atoms with Crippen molar-refractivity contribution in [3.8, 4) is 17.6 Å². The first-order chi connectivity index (χ1) is 15.4. The second-order valence-corrected chi connectivity index (χ2v) is 7.79. The molecule has 1 amide bonds. The van der Waals surface area contributed by atoms with Crippen LogP contribution >= 0.6 is 34.8 Å². The molecule has 0 heterocycles. The van der Waals surface area contributed by atoms with Crippen molar-refractivity contribution in [2.24, 2.45) is 0 Å². The van der Waals surface area contributed by atoms with Crippen molar-refractivity contribution in [3.63, 3.8) is 0 Å². The monoisotopic (exact) mass is 486 g/mol. The third-order valence-electron chi connectivity index (χ3n) is 4.38. The van der Waals surface area contributed by atoms with E-state index in [-0.39, 0.29) is 23.0 Å². The highest BCUT2D eigenvalue weighted by molar-refractivity contribution is 6.36. The maximum absolute atomic E-state index is 12.7. The number of rotatable bonds is 7. The number of amides is 1. The van der Waals surface area contributed by atoms with Crippen LogP contribution in [0.15, 0.2) is 66.2 Å². The fraction of sp³-hybridized carbons (Fsp3) is 0.0833. The molecule has 0 aliphatic carbocycles. The maximum Gasteiger partial charge on any atom is 0.266 e. The molecule has 3 aromatic rings. The van der Waals surface area contributed by atoms with Crippen LogP contribution in [0.5, 0.6) is 11.5 Å². The van der Waals surface area contributed by atoms with E-state index < -0.39 is 5.91 Å². The predicted molar refractivity (Wildman–Crippen MR) is 127 cm³/mol. The van der Waals surface area contributed by atoms with Crippen LogP contribution in [0.3, 0.4) is 0 Å². The number of nitrogens with one attached hydrogen (secondary N) is 1. The van der Waals surface area contributed by atoms with Gasteiger partial charge in [0.1, 0.15) is 29.7 Å². The second kappa shape index (κ2) is 10.9. The summed E-state index contributed by atoms with van der Waals surface area (Å²) in [7, 11) is 1.55.